The summed E-state index contributed by atoms with van der Waals surface area (Å²) in [4.78, 5) is 39.1. The van der Waals surface area contributed by atoms with Gasteiger partial charge in [0.1, 0.15) is 12.6 Å². The Morgan fingerprint density at radius 1 is 1.06 bits per heavy atom. The molecule has 2 N–H and O–H groups in total. The molecule has 2 amide bonds. The fourth-order valence-electron chi connectivity index (χ4n) is 5.12. The van der Waals surface area contributed by atoms with E-state index in [1.54, 1.807) is 4.90 Å². The number of likely N-dealkylation sites (tertiary alicyclic amines) is 1. The molecule has 2 unspecified atom stereocenters. The monoisotopic (exact) mass is 464 g/mol. The summed E-state index contributed by atoms with van der Waals surface area (Å²) in [5.41, 5.74) is 4.54. The molecule has 7 heteroatoms. The summed E-state index contributed by atoms with van der Waals surface area (Å²) in [6, 6.07) is 15.5. The van der Waals surface area contributed by atoms with E-state index in [0.717, 1.165) is 22.3 Å². The first-order valence-corrected chi connectivity index (χ1v) is 11.9. The Kier molecular flexibility index (Phi) is 6.91. The molecule has 180 valence electrons. The number of fused-ring (bicyclic) bond motifs is 3. The normalized spacial score (nSPS) is 20.9. The topological polar surface area (TPSA) is 95.9 Å². The zero-order valence-corrected chi connectivity index (χ0v) is 19.9. The van der Waals surface area contributed by atoms with E-state index < -0.39 is 24.0 Å². The first-order chi connectivity index (χ1) is 16.3. The highest BCUT2D eigenvalue weighted by molar-refractivity contribution is 5.87. The Hall–Kier alpha value is -3.35. The number of nitrogens with one attached hydrogen (secondary N) is 1. The lowest BCUT2D eigenvalue weighted by molar-refractivity contribution is -0.142. The molecule has 0 aromatic heterocycles. The van der Waals surface area contributed by atoms with Gasteiger partial charge in [-0.05, 0) is 34.1 Å². The molecule has 7 nitrogen and oxygen atoms in total. The van der Waals surface area contributed by atoms with Gasteiger partial charge in [-0.15, -0.1) is 0 Å². The van der Waals surface area contributed by atoms with E-state index in [1.807, 2.05) is 45.0 Å². The van der Waals surface area contributed by atoms with Crippen LogP contribution >= 0.6 is 0 Å². The number of carboxylic acid groups (broad SMARTS) is 1. The lowest BCUT2D eigenvalue weighted by Crippen LogP contribution is -2.51. The van der Waals surface area contributed by atoms with Crippen LogP contribution in [0.1, 0.15) is 44.2 Å². The van der Waals surface area contributed by atoms with Crippen LogP contribution in [-0.2, 0) is 14.3 Å². The molecular formula is C27H32N2O5. The molecular weight excluding hydrogens is 432 g/mol. The molecule has 1 aliphatic carbocycles. The second-order valence-electron chi connectivity index (χ2n) is 9.50. The lowest BCUT2D eigenvalue weighted by atomic mass is 9.97. The molecule has 1 fully saturated rings. The molecule has 4 rings (SSSR count). The fraction of sp³-hybridized carbons (Fsp3) is 0.444. The Morgan fingerprint density at radius 2 is 1.65 bits per heavy atom. The molecule has 2 aromatic carbocycles. The van der Waals surface area contributed by atoms with Crippen molar-refractivity contribution in [3.05, 3.63) is 59.7 Å². The minimum Gasteiger partial charge on any atom is -0.481 e. The number of carboxylic acids is 1. The predicted octanol–water partition coefficient (Wildman–Crippen LogP) is 4.12. The molecule has 0 radical (unpaired) electrons. The summed E-state index contributed by atoms with van der Waals surface area (Å²) in [5, 5.41) is 12.2. The average Bonchev–Trinajstić information content (AvgIpc) is 3.38. The minimum atomic E-state index is -0.896. The summed E-state index contributed by atoms with van der Waals surface area (Å²) in [6.45, 7) is 6.40. The predicted molar refractivity (Wildman–Crippen MR) is 128 cm³/mol. The molecule has 2 aromatic rings. The SMILES string of the molecule is CCC(C)C(NC(=O)OCC1c2ccccc2-c2ccccc21)C(=O)N1C[C@H](C(=O)O)[C@@H](C)C1. The van der Waals surface area contributed by atoms with Gasteiger partial charge in [0.2, 0.25) is 5.91 Å². The standard InChI is InChI=1S/C27H32N2O5/c1-4-16(2)24(25(30)29-13-17(3)22(14-29)26(31)32)28-27(33)34-15-23-20-11-7-5-9-18(20)19-10-6-8-12-21(19)23/h5-12,16-17,22-24H,4,13-15H2,1-3H3,(H,28,33)(H,31,32)/t16?,17-,22-,24?/m0/s1. The van der Waals surface area contributed by atoms with Crippen molar-refractivity contribution in [2.45, 2.75) is 39.2 Å². The van der Waals surface area contributed by atoms with Crippen molar-refractivity contribution in [3.63, 3.8) is 0 Å². The Morgan fingerprint density at radius 3 is 2.18 bits per heavy atom. The zero-order chi connectivity index (χ0) is 24.4. The number of carbonyl (C=O) groups is 3. The number of hydrogen-bond donors (Lipinski definition) is 2. The molecule has 34 heavy (non-hydrogen) atoms. The number of nitrogens with zero attached hydrogens (tertiary/aromatic N) is 1. The van der Waals surface area contributed by atoms with Crippen LogP contribution < -0.4 is 5.32 Å². The molecule has 0 saturated carbocycles. The van der Waals surface area contributed by atoms with Crippen molar-refractivity contribution in [3.8, 4) is 11.1 Å². The van der Waals surface area contributed by atoms with Crippen LogP contribution in [0, 0.1) is 17.8 Å². The minimum absolute atomic E-state index is 0.0633. The third-order valence-electron chi connectivity index (χ3n) is 7.34. The maximum absolute atomic E-state index is 13.2. The fourth-order valence-corrected chi connectivity index (χ4v) is 5.12. The van der Waals surface area contributed by atoms with E-state index in [2.05, 4.69) is 29.6 Å². The van der Waals surface area contributed by atoms with Gasteiger partial charge in [0.15, 0.2) is 0 Å². The molecule has 0 bridgehead atoms. The molecule has 2 aliphatic rings. The number of benzene rings is 2. The van der Waals surface area contributed by atoms with Crippen LogP contribution in [0.2, 0.25) is 0 Å². The van der Waals surface area contributed by atoms with E-state index in [-0.39, 0.29) is 36.8 Å². The number of amides is 2. The van der Waals surface area contributed by atoms with Gasteiger partial charge in [0, 0.05) is 19.0 Å². The lowest BCUT2D eigenvalue weighted by Gasteiger charge is -2.28. The number of alkyl carbamates (subject to hydrolysis) is 1. The molecule has 1 saturated heterocycles. The van der Waals surface area contributed by atoms with Crippen LogP contribution in [0.25, 0.3) is 11.1 Å². The highest BCUT2D eigenvalue weighted by Gasteiger charge is 2.40. The largest absolute Gasteiger partial charge is 0.481 e. The summed E-state index contributed by atoms with van der Waals surface area (Å²) < 4.78 is 5.64. The van der Waals surface area contributed by atoms with Gasteiger partial charge >= 0.3 is 12.1 Å². The van der Waals surface area contributed by atoms with Crippen LogP contribution in [0.4, 0.5) is 4.79 Å². The van der Waals surface area contributed by atoms with Crippen LogP contribution in [-0.4, -0.2) is 53.7 Å². The Labute approximate surface area is 200 Å². The van der Waals surface area contributed by atoms with E-state index >= 15 is 0 Å². The van der Waals surface area contributed by atoms with E-state index in [0.29, 0.717) is 13.0 Å². The number of rotatable bonds is 7. The summed E-state index contributed by atoms with van der Waals surface area (Å²) >= 11 is 0. The van der Waals surface area contributed by atoms with Crippen molar-refractivity contribution >= 4 is 18.0 Å². The van der Waals surface area contributed by atoms with Crippen molar-refractivity contribution in [1.82, 2.24) is 10.2 Å². The molecule has 0 spiro atoms. The van der Waals surface area contributed by atoms with Gasteiger partial charge in [-0.1, -0.05) is 75.7 Å². The van der Waals surface area contributed by atoms with Crippen molar-refractivity contribution in [2.75, 3.05) is 19.7 Å². The van der Waals surface area contributed by atoms with Crippen molar-refractivity contribution < 1.29 is 24.2 Å². The maximum atomic E-state index is 13.2. The number of aliphatic carboxylic acids is 1. The van der Waals surface area contributed by atoms with Crippen LogP contribution in [0.5, 0.6) is 0 Å². The van der Waals surface area contributed by atoms with Gasteiger partial charge < -0.3 is 20.1 Å². The van der Waals surface area contributed by atoms with Gasteiger partial charge in [0.25, 0.3) is 0 Å². The summed E-state index contributed by atoms with van der Waals surface area (Å²) in [5.74, 6) is -2.05. The van der Waals surface area contributed by atoms with Gasteiger partial charge in [-0.25, -0.2) is 4.79 Å². The number of ether oxygens (including phenoxy) is 1. The van der Waals surface area contributed by atoms with Crippen molar-refractivity contribution in [2.24, 2.45) is 17.8 Å². The van der Waals surface area contributed by atoms with Crippen LogP contribution in [0.3, 0.4) is 0 Å². The third-order valence-corrected chi connectivity index (χ3v) is 7.34. The third kappa shape index (κ3) is 4.52. The second-order valence-corrected chi connectivity index (χ2v) is 9.50. The van der Waals surface area contributed by atoms with E-state index in [1.165, 1.54) is 0 Å². The zero-order valence-electron chi connectivity index (χ0n) is 19.9. The number of hydrogen-bond acceptors (Lipinski definition) is 4. The van der Waals surface area contributed by atoms with Crippen molar-refractivity contribution in [1.29, 1.82) is 0 Å². The van der Waals surface area contributed by atoms with E-state index in [4.69, 9.17) is 4.74 Å². The van der Waals surface area contributed by atoms with Gasteiger partial charge in [0.05, 0.1) is 5.92 Å². The quantitative estimate of drug-likeness (QED) is 0.643. The molecule has 4 atom stereocenters. The van der Waals surface area contributed by atoms with Gasteiger partial charge in [-0.3, -0.25) is 9.59 Å². The molecule has 1 aliphatic heterocycles. The second kappa shape index (κ2) is 9.87. The molecule has 1 heterocycles. The van der Waals surface area contributed by atoms with Gasteiger partial charge in [-0.2, -0.15) is 0 Å². The van der Waals surface area contributed by atoms with Crippen LogP contribution in [0.15, 0.2) is 48.5 Å². The number of carbonyl (C=O) groups excluding carboxylic acids is 2. The smallest absolute Gasteiger partial charge is 0.407 e. The Bertz CT molecular complexity index is 1040. The summed E-state index contributed by atoms with van der Waals surface area (Å²) in [6.07, 6.45) is 0.0498. The first-order valence-electron chi connectivity index (χ1n) is 11.9. The van der Waals surface area contributed by atoms with E-state index in [9.17, 15) is 19.5 Å². The Balaban J connectivity index is 1.43. The highest BCUT2D eigenvalue weighted by atomic mass is 16.5. The maximum Gasteiger partial charge on any atom is 0.407 e. The summed E-state index contributed by atoms with van der Waals surface area (Å²) in [7, 11) is 0. The highest BCUT2D eigenvalue weighted by Crippen LogP contribution is 2.44. The first kappa shape index (κ1) is 23.8. The average molecular weight is 465 g/mol.